The predicted octanol–water partition coefficient (Wildman–Crippen LogP) is 2.23. The van der Waals surface area contributed by atoms with Crippen LogP contribution in [-0.2, 0) is 9.47 Å². The van der Waals surface area contributed by atoms with Gasteiger partial charge in [-0.05, 0) is 38.8 Å². The molecule has 0 amide bonds. The lowest BCUT2D eigenvalue weighted by Gasteiger charge is -2.38. The summed E-state index contributed by atoms with van der Waals surface area (Å²) in [6.45, 7) is 0.851. The van der Waals surface area contributed by atoms with E-state index in [0.717, 1.165) is 38.0 Å². The molecule has 3 heteroatoms. The molecular weight excluding hydrogens is 202 g/mol. The Morgan fingerprint density at radius 3 is 2.62 bits per heavy atom. The van der Waals surface area contributed by atoms with Crippen molar-refractivity contribution in [3.63, 3.8) is 0 Å². The van der Waals surface area contributed by atoms with Crippen LogP contribution in [0, 0.1) is 0 Å². The van der Waals surface area contributed by atoms with Crippen LogP contribution >= 0.6 is 0 Å². The van der Waals surface area contributed by atoms with Crippen molar-refractivity contribution in [2.45, 2.75) is 50.2 Å². The highest BCUT2D eigenvalue weighted by Crippen LogP contribution is 2.38. The highest BCUT2D eigenvalue weighted by Gasteiger charge is 2.43. The van der Waals surface area contributed by atoms with Crippen LogP contribution in [0.4, 0.5) is 0 Å². The SMILES string of the molecule is CNC(C1=CCCCO1)C1(OC)CCCC1. The van der Waals surface area contributed by atoms with Crippen LogP contribution in [0.25, 0.3) is 0 Å². The molecule has 1 atom stereocenters. The standard InChI is InChI=1S/C13H23NO2/c1-14-12(11-7-3-6-10-16-11)13(15-2)8-4-5-9-13/h7,12,14H,3-6,8-10H2,1-2H3. The summed E-state index contributed by atoms with van der Waals surface area (Å²) in [6, 6.07) is 0.222. The molecule has 1 aliphatic carbocycles. The number of allylic oxidation sites excluding steroid dienone is 1. The zero-order chi connectivity index (χ0) is 11.4. The van der Waals surface area contributed by atoms with E-state index in [2.05, 4.69) is 11.4 Å². The number of rotatable bonds is 4. The second-order valence-corrected chi connectivity index (χ2v) is 4.79. The molecule has 0 spiro atoms. The van der Waals surface area contributed by atoms with E-state index in [0.29, 0.717) is 0 Å². The third kappa shape index (κ3) is 2.11. The van der Waals surface area contributed by atoms with Gasteiger partial charge in [0.15, 0.2) is 0 Å². The number of hydrogen-bond acceptors (Lipinski definition) is 3. The number of ether oxygens (including phenoxy) is 2. The van der Waals surface area contributed by atoms with Crippen LogP contribution in [0.1, 0.15) is 38.5 Å². The summed E-state index contributed by atoms with van der Waals surface area (Å²) < 4.78 is 11.6. The van der Waals surface area contributed by atoms with Gasteiger partial charge in [0.2, 0.25) is 0 Å². The van der Waals surface area contributed by atoms with Crippen LogP contribution in [-0.4, -0.2) is 32.4 Å². The monoisotopic (exact) mass is 225 g/mol. The van der Waals surface area contributed by atoms with Crippen molar-refractivity contribution >= 4 is 0 Å². The van der Waals surface area contributed by atoms with Crippen molar-refractivity contribution in [3.05, 3.63) is 11.8 Å². The molecule has 0 aromatic carbocycles. The smallest absolute Gasteiger partial charge is 0.112 e. The second-order valence-electron chi connectivity index (χ2n) is 4.79. The molecule has 1 saturated carbocycles. The van der Waals surface area contributed by atoms with E-state index in [9.17, 15) is 0 Å². The van der Waals surface area contributed by atoms with Gasteiger partial charge in [-0.25, -0.2) is 0 Å². The second kappa shape index (κ2) is 5.19. The number of likely N-dealkylation sites (N-methyl/N-ethyl adjacent to an activating group) is 1. The molecular formula is C13H23NO2. The minimum atomic E-state index is -0.0437. The number of methoxy groups -OCH3 is 1. The van der Waals surface area contributed by atoms with Crippen molar-refractivity contribution in [3.8, 4) is 0 Å². The maximum absolute atomic E-state index is 5.82. The lowest BCUT2D eigenvalue weighted by Crippen LogP contribution is -2.51. The van der Waals surface area contributed by atoms with Crippen molar-refractivity contribution in [1.29, 1.82) is 0 Å². The maximum Gasteiger partial charge on any atom is 0.112 e. The van der Waals surface area contributed by atoms with E-state index >= 15 is 0 Å². The summed E-state index contributed by atoms with van der Waals surface area (Å²) in [5.41, 5.74) is -0.0437. The average molecular weight is 225 g/mol. The Morgan fingerprint density at radius 2 is 2.12 bits per heavy atom. The summed E-state index contributed by atoms with van der Waals surface area (Å²) in [5, 5.41) is 3.39. The fraction of sp³-hybridized carbons (Fsp3) is 0.846. The van der Waals surface area contributed by atoms with Gasteiger partial charge in [-0.1, -0.05) is 12.8 Å². The van der Waals surface area contributed by atoms with Crippen LogP contribution in [0.15, 0.2) is 11.8 Å². The van der Waals surface area contributed by atoms with Crippen molar-refractivity contribution in [2.75, 3.05) is 20.8 Å². The topological polar surface area (TPSA) is 30.5 Å². The maximum atomic E-state index is 5.82. The summed E-state index contributed by atoms with van der Waals surface area (Å²) in [4.78, 5) is 0. The molecule has 2 aliphatic rings. The van der Waals surface area contributed by atoms with Gasteiger partial charge in [0.25, 0.3) is 0 Å². The molecule has 92 valence electrons. The zero-order valence-electron chi connectivity index (χ0n) is 10.4. The summed E-state index contributed by atoms with van der Waals surface area (Å²) >= 11 is 0. The Morgan fingerprint density at radius 1 is 1.38 bits per heavy atom. The van der Waals surface area contributed by atoms with Gasteiger partial charge in [0.1, 0.15) is 5.76 Å². The molecule has 0 aromatic rings. The number of nitrogens with one attached hydrogen (secondary N) is 1. The molecule has 1 aliphatic heterocycles. The molecule has 3 nitrogen and oxygen atoms in total. The highest BCUT2D eigenvalue weighted by molar-refractivity contribution is 5.14. The Balaban J connectivity index is 2.16. The Hall–Kier alpha value is -0.540. The van der Waals surface area contributed by atoms with E-state index in [1.54, 1.807) is 0 Å². The van der Waals surface area contributed by atoms with Gasteiger partial charge in [-0.15, -0.1) is 0 Å². The van der Waals surface area contributed by atoms with Gasteiger partial charge in [-0.2, -0.15) is 0 Å². The van der Waals surface area contributed by atoms with Gasteiger partial charge in [-0.3, -0.25) is 0 Å². The van der Waals surface area contributed by atoms with E-state index in [1.807, 2.05) is 14.2 Å². The lowest BCUT2D eigenvalue weighted by atomic mass is 9.89. The molecule has 0 saturated heterocycles. The van der Waals surface area contributed by atoms with E-state index in [4.69, 9.17) is 9.47 Å². The van der Waals surface area contributed by atoms with Crippen molar-refractivity contribution in [1.82, 2.24) is 5.32 Å². The first-order valence-corrected chi connectivity index (χ1v) is 6.38. The Bertz CT molecular complexity index is 257. The molecule has 0 aromatic heterocycles. The van der Waals surface area contributed by atoms with Gasteiger partial charge < -0.3 is 14.8 Å². The molecule has 1 unspecified atom stereocenters. The van der Waals surface area contributed by atoms with Crippen LogP contribution < -0.4 is 5.32 Å². The summed E-state index contributed by atoms with van der Waals surface area (Å²) in [7, 11) is 3.83. The van der Waals surface area contributed by atoms with E-state index in [1.165, 1.54) is 12.8 Å². The van der Waals surface area contributed by atoms with Gasteiger partial charge in [0, 0.05) is 7.11 Å². The van der Waals surface area contributed by atoms with E-state index in [-0.39, 0.29) is 11.6 Å². The van der Waals surface area contributed by atoms with E-state index < -0.39 is 0 Å². The molecule has 1 heterocycles. The van der Waals surface area contributed by atoms with Crippen molar-refractivity contribution < 1.29 is 9.47 Å². The van der Waals surface area contributed by atoms with Crippen LogP contribution in [0.5, 0.6) is 0 Å². The summed E-state index contributed by atoms with van der Waals surface area (Å²) in [5.74, 6) is 1.09. The molecule has 2 rings (SSSR count). The molecule has 1 N–H and O–H groups in total. The zero-order valence-corrected chi connectivity index (χ0v) is 10.4. The van der Waals surface area contributed by atoms with Crippen LogP contribution in [0.3, 0.4) is 0 Å². The minimum Gasteiger partial charge on any atom is -0.496 e. The quantitative estimate of drug-likeness (QED) is 0.796. The first-order chi connectivity index (χ1) is 7.82. The third-order valence-electron chi connectivity index (χ3n) is 3.92. The largest absolute Gasteiger partial charge is 0.496 e. The minimum absolute atomic E-state index is 0.0437. The average Bonchev–Trinajstić information content (AvgIpc) is 2.81. The van der Waals surface area contributed by atoms with Crippen molar-refractivity contribution in [2.24, 2.45) is 0 Å². The number of hydrogen-bond donors (Lipinski definition) is 1. The lowest BCUT2D eigenvalue weighted by molar-refractivity contribution is -0.0398. The predicted molar refractivity (Wildman–Crippen MR) is 64.3 cm³/mol. The normalized spacial score (nSPS) is 26.0. The Kier molecular flexibility index (Phi) is 3.87. The fourth-order valence-electron chi connectivity index (χ4n) is 3.03. The highest BCUT2D eigenvalue weighted by atomic mass is 16.5. The first kappa shape index (κ1) is 11.9. The third-order valence-corrected chi connectivity index (χ3v) is 3.92. The van der Waals surface area contributed by atoms with Gasteiger partial charge >= 0.3 is 0 Å². The molecule has 0 bridgehead atoms. The van der Waals surface area contributed by atoms with Gasteiger partial charge in [0.05, 0.1) is 18.2 Å². The summed E-state index contributed by atoms with van der Waals surface area (Å²) in [6.07, 6.45) is 9.29. The Labute approximate surface area is 98.2 Å². The first-order valence-electron chi connectivity index (χ1n) is 6.38. The van der Waals surface area contributed by atoms with Crippen LogP contribution in [0.2, 0.25) is 0 Å². The molecule has 1 fully saturated rings. The molecule has 0 radical (unpaired) electrons. The fourth-order valence-corrected chi connectivity index (χ4v) is 3.03. The molecule has 16 heavy (non-hydrogen) atoms.